The lowest BCUT2D eigenvalue weighted by molar-refractivity contribution is -0.123. The molecule has 0 saturated heterocycles. The minimum atomic E-state index is -0.510. The van der Waals surface area contributed by atoms with Crippen LogP contribution >= 0.6 is 0 Å². The van der Waals surface area contributed by atoms with E-state index in [1.807, 2.05) is 6.92 Å². The second kappa shape index (κ2) is 3.29. The smallest absolute Gasteiger partial charge is 0.265 e. The number of hydrogen-bond acceptors (Lipinski definition) is 2. The second-order valence-electron chi connectivity index (χ2n) is 3.14. The topological polar surface area (TPSA) is 38.3 Å². The number of carbonyl (C=O) groups excluding carboxylic acids is 1. The second-order valence-corrected chi connectivity index (χ2v) is 3.14. The normalized spacial score (nSPS) is 19.6. The van der Waals surface area contributed by atoms with Crippen LogP contribution in [0.25, 0.3) is 0 Å². The van der Waals surface area contributed by atoms with Gasteiger partial charge in [0.1, 0.15) is 11.6 Å². The number of halogens is 1. The number of anilines is 1. The van der Waals surface area contributed by atoms with E-state index in [9.17, 15) is 9.18 Å². The number of hydrogen-bond donors (Lipinski definition) is 1. The van der Waals surface area contributed by atoms with Crippen LogP contribution in [0.2, 0.25) is 0 Å². The molecular weight excluding hydrogens is 185 g/mol. The quantitative estimate of drug-likeness (QED) is 0.743. The molecule has 1 aliphatic rings. The Bertz CT molecular complexity index is 378. The maximum atomic E-state index is 12.8. The standard InChI is InChI=1S/C10H10FNO2/c1-2-8-10(13)12-7-4-3-6(11)5-9(7)14-8/h3-5,8H,2H2,1H3,(H,12,13). The van der Waals surface area contributed by atoms with Crippen molar-refractivity contribution in [3.8, 4) is 5.75 Å². The van der Waals surface area contributed by atoms with Gasteiger partial charge in [0.25, 0.3) is 5.91 Å². The lowest BCUT2D eigenvalue weighted by Crippen LogP contribution is -2.36. The van der Waals surface area contributed by atoms with Crippen molar-refractivity contribution in [1.29, 1.82) is 0 Å². The highest BCUT2D eigenvalue weighted by molar-refractivity contribution is 5.97. The van der Waals surface area contributed by atoms with Gasteiger partial charge in [0, 0.05) is 6.07 Å². The maximum absolute atomic E-state index is 12.8. The molecule has 0 aromatic heterocycles. The average molecular weight is 195 g/mol. The first kappa shape index (κ1) is 8.99. The van der Waals surface area contributed by atoms with Crippen LogP contribution in [-0.2, 0) is 4.79 Å². The van der Waals surface area contributed by atoms with Crippen LogP contribution in [0.1, 0.15) is 13.3 Å². The number of fused-ring (bicyclic) bond motifs is 1. The highest BCUT2D eigenvalue weighted by Crippen LogP contribution is 2.30. The van der Waals surface area contributed by atoms with Gasteiger partial charge in [-0.25, -0.2) is 4.39 Å². The molecule has 1 aromatic carbocycles. The van der Waals surface area contributed by atoms with Gasteiger partial charge in [-0.2, -0.15) is 0 Å². The first-order valence-corrected chi connectivity index (χ1v) is 4.47. The molecule has 3 nitrogen and oxygen atoms in total. The van der Waals surface area contributed by atoms with Gasteiger partial charge < -0.3 is 10.1 Å². The van der Waals surface area contributed by atoms with Crippen LogP contribution in [0.5, 0.6) is 5.75 Å². The van der Waals surface area contributed by atoms with E-state index in [0.717, 1.165) is 0 Å². The number of ether oxygens (including phenoxy) is 1. The van der Waals surface area contributed by atoms with Gasteiger partial charge in [0.2, 0.25) is 0 Å². The zero-order chi connectivity index (χ0) is 10.1. The highest BCUT2D eigenvalue weighted by atomic mass is 19.1. The lowest BCUT2D eigenvalue weighted by Gasteiger charge is -2.24. The Hall–Kier alpha value is -1.58. The van der Waals surface area contributed by atoms with Crippen LogP contribution in [0.3, 0.4) is 0 Å². The molecule has 0 radical (unpaired) electrons. The molecule has 0 spiro atoms. The Morgan fingerprint density at radius 1 is 1.57 bits per heavy atom. The maximum Gasteiger partial charge on any atom is 0.265 e. The van der Waals surface area contributed by atoms with Crippen molar-refractivity contribution >= 4 is 11.6 Å². The molecule has 1 amide bonds. The summed E-state index contributed by atoms with van der Waals surface area (Å²) in [5.41, 5.74) is 0.529. The molecule has 1 aliphatic heterocycles. The van der Waals surface area contributed by atoms with Crippen LogP contribution in [0.4, 0.5) is 10.1 Å². The Morgan fingerprint density at radius 3 is 3.07 bits per heavy atom. The number of benzene rings is 1. The summed E-state index contributed by atoms with van der Waals surface area (Å²) in [6.45, 7) is 1.84. The number of nitrogens with one attached hydrogen (secondary N) is 1. The summed E-state index contributed by atoms with van der Waals surface area (Å²) in [6.07, 6.45) is 0.0613. The van der Waals surface area contributed by atoms with Crippen molar-refractivity contribution in [2.45, 2.75) is 19.4 Å². The fraction of sp³-hybridized carbons (Fsp3) is 0.300. The van der Waals surface area contributed by atoms with Crippen LogP contribution in [0.15, 0.2) is 18.2 Å². The summed E-state index contributed by atoms with van der Waals surface area (Å²) >= 11 is 0. The Kier molecular flexibility index (Phi) is 2.11. The third kappa shape index (κ3) is 1.43. The molecule has 2 rings (SSSR count). The summed E-state index contributed by atoms with van der Waals surface area (Å²) in [5, 5.41) is 2.66. The van der Waals surface area contributed by atoms with Gasteiger partial charge in [0.15, 0.2) is 6.10 Å². The molecule has 1 atom stereocenters. The predicted molar refractivity (Wildman–Crippen MR) is 49.7 cm³/mol. The van der Waals surface area contributed by atoms with Gasteiger partial charge >= 0.3 is 0 Å². The molecule has 4 heteroatoms. The molecule has 0 fully saturated rings. The summed E-state index contributed by atoms with van der Waals surface area (Å²) in [6, 6.07) is 4.06. The van der Waals surface area contributed by atoms with Crippen molar-refractivity contribution in [3.05, 3.63) is 24.0 Å². The first-order valence-electron chi connectivity index (χ1n) is 4.47. The third-order valence-corrected chi connectivity index (χ3v) is 2.13. The number of rotatable bonds is 1. The molecule has 1 heterocycles. The largest absolute Gasteiger partial charge is 0.478 e. The van der Waals surface area contributed by atoms with E-state index in [1.165, 1.54) is 18.2 Å². The van der Waals surface area contributed by atoms with Crippen molar-refractivity contribution in [3.63, 3.8) is 0 Å². The van der Waals surface area contributed by atoms with Gasteiger partial charge in [0.05, 0.1) is 5.69 Å². The summed E-state index contributed by atoms with van der Waals surface area (Å²) in [7, 11) is 0. The van der Waals surface area contributed by atoms with E-state index in [0.29, 0.717) is 17.9 Å². The molecular formula is C10H10FNO2. The van der Waals surface area contributed by atoms with Crippen LogP contribution in [-0.4, -0.2) is 12.0 Å². The SMILES string of the molecule is CCC1Oc2cc(F)ccc2NC1=O. The van der Waals surface area contributed by atoms with Crippen molar-refractivity contribution < 1.29 is 13.9 Å². The van der Waals surface area contributed by atoms with Crippen molar-refractivity contribution in [1.82, 2.24) is 0 Å². The molecule has 0 saturated carbocycles. The number of carbonyl (C=O) groups is 1. The Balaban J connectivity index is 2.36. The van der Waals surface area contributed by atoms with Crippen molar-refractivity contribution in [2.24, 2.45) is 0 Å². The van der Waals surface area contributed by atoms with Crippen LogP contribution in [0, 0.1) is 5.82 Å². The lowest BCUT2D eigenvalue weighted by atomic mass is 10.2. The van der Waals surface area contributed by atoms with Gasteiger partial charge in [-0.3, -0.25) is 4.79 Å². The zero-order valence-corrected chi connectivity index (χ0v) is 7.71. The van der Waals surface area contributed by atoms with E-state index in [-0.39, 0.29) is 11.7 Å². The minimum Gasteiger partial charge on any atom is -0.478 e. The van der Waals surface area contributed by atoms with Gasteiger partial charge in [-0.1, -0.05) is 6.92 Å². The van der Waals surface area contributed by atoms with E-state index in [4.69, 9.17) is 4.74 Å². The Labute approximate surface area is 80.9 Å². The highest BCUT2D eigenvalue weighted by Gasteiger charge is 2.25. The fourth-order valence-corrected chi connectivity index (χ4v) is 1.39. The molecule has 1 N–H and O–H groups in total. The summed E-state index contributed by atoms with van der Waals surface area (Å²) in [5.74, 6) is -0.141. The monoisotopic (exact) mass is 195 g/mol. The third-order valence-electron chi connectivity index (χ3n) is 2.13. The van der Waals surface area contributed by atoms with Gasteiger partial charge in [-0.05, 0) is 18.6 Å². The van der Waals surface area contributed by atoms with Crippen molar-refractivity contribution in [2.75, 3.05) is 5.32 Å². The van der Waals surface area contributed by atoms with E-state index in [1.54, 1.807) is 0 Å². The molecule has 14 heavy (non-hydrogen) atoms. The van der Waals surface area contributed by atoms with E-state index < -0.39 is 6.10 Å². The van der Waals surface area contributed by atoms with E-state index >= 15 is 0 Å². The zero-order valence-electron chi connectivity index (χ0n) is 7.71. The first-order chi connectivity index (χ1) is 6.70. The average Bonchev–Trinajstić information content (AvgIpc) is 2.17. The molecule has 0 bridgehead atoms. The number of amides is 1. The summed E-state index contributed by atoms with van der Waals surface area (Å²) < 4.78 is 18.2. The molecule has 0 aliphatic carbocycles. The molecule has 74 valence electrons. The molecule has 1 aromatic rings. The van der Waals surface area contributed by atoms with Crippen LogP contribution < -0.4 is 10.1 Å². The predicted octanol–water partition coefficient (Wildman–Crippen LogP) is 1.94. The Morgan fingerprint density at radius 2 is 2.36 bits per heavy atom. The minimum absolute atomic E-state index is 0.174. The van der Waals surface area contributed by atoms with E-state index in [2.05, 4.69) is 5.32 Å². The van der Waals surface area contributed by atoms with Gasteiger partial charge in [-0.15, -0.1) is 0 Å². The summed E-state index contributed by atoms with van der Waals surface area (Å²) in [4.78, 5) is 11.3. The molecule has 1 unspecified atom stereocenters. The fourth-order valence-electron chi connectivity index (χ4n) is 1.39.